The highest BCUT2D eigenvalue weighted by molar-refractivity contribution is 6.32. The van der Waals surface area contributed by atoms with E-state index in [0.29, 0.717) is 23.4 Å². The van der Waals surface area contributed by atoms with Gasteiger partial charge in [-0.15, -0.1) is 0 Å². The van der Waals surface area contributed by atoms with Gasteiger partial charge in [-0.3, -0.25) is 0 Å². The molecule has 0 saturated heterocycles. The Kier molecular flexibility index (Phi) is 4.86. The molecule has 0 spiro atoms. The first-order valence-corrected chi connectivity index (χ1v) is 5.52. The lowest BCUT2D eigenvalue weighted by Crippen LogP contribution is -2.27. The van der Waals surface area contributed by atoms with E-state index in [1.165, 1.54) is 0 Å². The maximum absolute atomic E-state index is 8.74. The molecule has 15 heavy (non-hydrogen) atoms. The van der Waals surface area contributed by atoms with Gasteiger partial charge in [-0.25, -0.2) is 4.98 Å². The molecule has 1 heterocycles. The Morgan fingerprint density at radius 2 is 2.20 bits per heavy atom. The highest BCUT2D eigenvalue weighted by Crippen LogP contribution is 2.19. The van der Waals surface area contributed by atoms with Gasteiger partial charge in [0, 0.05) is 26.2 Å². The molecule has 1 atom stereocenters. The zero-order chi connectivity index (χ0) is 11.4. The van der Waals surface area contributed by atoms with Crippen LogP contribution in [0.3, 0.4) is 0 Å². The minimum atomic E-state index is 0.175. The quantitative estimate of drug-likeness (QED) is 0.836. The first-order valence-electron chi connectivity index (χ1n) is 4.77. The lowest BCUT2D eigenvalue weighted by atomic mass is 10.2. The van der Waals surface area contributed by atoms with Crippen molar-refractivity contribution in [2.45, 2.75) is 25.9 Å². The number of halogens is 2. The SMILES string of the molecule is C[C@H](CCO)NCc1c(Cl)nc(Cl)n1C. The van der Waals surface area contributed by atoms with Gasteiger partial charge in [-0.05, 0) is 24.9 Å². The van der Waals surface area contributed by atoms with Crippen molar-refractivity contribution in [1.82, 2.24) is 14.9 Å². The third kappa shape index (κ3) is 3.34. The highest BCUT2D eigenvalue weighted by atomic mass is 35.5. The smallest absolute Gasteiger partial charge is 0.204 e. The van der Waals surface area contributed by atoms with Crippen LogP contribution in [0.15, 0.2) is 0 Å². The molecule has 2 N–H and O–H groups in total. The summed E-state index contributed by atoms with van der Waals surface area (Å²) in [6, 6.07) is 0.236. The molecule has 0 radical (unpaired) electrons. The van der Waals surface area contributed by atoms with E-state index in [1.807, 2.05) is 14.0 Å². The molecule has 0 fully saturated rings. The van der Waals surface area contributed by atoms with Crippen LogP contribution in [0.5, 0.6) is 0 Å². The lowest BCUT2D eigenvalue weighted by Gasteiger charge is -2.12. The second-order valence-electron chi connectivity index (χ2n) is 3.47. The van der Waals surface area contributed by atoms with Gasteiger partial charge < -0.3 is 15.0 Å². The van der Waals surface area contributed by atoms with Crippen molar-refractivity contribution >= 4 is 23.2 Å². The number of imidazole rings is 1. The molecule has 1 aromatic rings. The first kappa shape index (κ1) is 12.8. The summed E-state index contributed by atoms with van der Waals surface area (Å²) >= 11 is 11.7. The number of aliphatic hydroxyl groups is 1. The van der Waals surface area contributed by atoms with E-state index in [4.69, 9.17) is 28.3 Å². The second-order valence-corrected chi connectivity index (χ2v) is 4.17. The van der Waals surface area contributed by atoms with Crippen LogP contribution < -0.4 is 5.32 Å². The molecule has 0 unspecified atom stereocenters. The Hall–Kier alpha value is -0.290. The average Bonchev–Trinajstić information content (AvgIpc) is 2.40. The summed E-state index contributed by atoms with van der Waals surface area (Å²) in [6.45, 7) is 2.77. The Bertz CT molecular complexity index is 327. The van der Waals surface area contributed by atoms with Crippen molar-refractivity contribution in [3.8, 4) is 0 Å². The Balaban J connectivity index is 2.57. The third-order valence-electron chi connectivity index (χ3n) is 2.29. The van der Waals surface area contributed by atoms with Crippen LogP contribution in [0.25, 0.3) is 0 Å². The van der Waals surface area contributed by atoms with Crippen LogP contribution in [-0.4, -0.2) is 27.3 Å². The standard InChI is InChI=1S/C9H15Cl2N3O/c1-6(3-4-15)12-5-7-8(10)13-9(11)14(7)2/h6,12,15H,3-5H2,1-2H3/t6-/m1/s1. The van der Waals surface area contributed by atoms with E-state index in [9.17, 15) is 0 Å². The predicted octanol–water partition coefficient (Wildman–Crippen LogP) is 1.59. The van der Waals surface area contributed by atoms with Gasteiger partial charge in [0.05, 0.1) is 5.69 Å². The Morgan fingerprint density at radius 1 is 1.53 bits per heavy atom. The molecule has 4 nitrogen and oxygen atoms in total. The van der Waals surface area contributed by atoms with Gasteiger partial charge in [0.25, 0.3) is 0 Å². The van der Waals surface area contributed by atoms with Gasteiger partial charge >= 0.3 is 0 Å². The number of aromatic nitrogens is 2. The monoisotopic (exact) mass is 251 g/mol. The van der Waals surface area contributed by atoms with Crippen LogP contribution in [0.1, 0.15) is 19.0 Å². The van der Waals surface area contributed by atoms with E-state index in [-0.39, 0.29) is 12.6 Å². The molecule has 6 heteroatoms. The van der Waals surface area contributed by atoms with Gasteiger partial charge in [0.15, 0.2) is 5.15 Å². The average molecular weight is 252 g/mol. The van der Waals surface area contributed by atoms with Crippen LogP contribution in [0, 0.1) is 0 Å². The Labute approximate surface area is 99.2 Å². The fraction of sp³-hybridized carbons (Fsp3) is 0.667. The largest absolute Gasteiger partial charge is 0.396 e. The number of hydrogen-bond donors (Lipinski definition) is 2. The summed E-state index contributed by atoms with van der Waals surface area (Å²) in [4.78, 5) is 3.94. The third-order valence-corrected chi connectivity index (χ3v) is 2.93. The minimum Gasteiger partial charge on any atom is -0.396 e. The summed E-state index contributed by atoms with van der Waals surface area (Å²) in [5.74, 6) is 0. The summed E-state index contributed by atoms with van der Waals surface area (Å²) in [7, 11) is 1.81. The molecule has 86 valence electrons. The normalized spacial score (nSPS) is 13.1. The summed E-state index contributed by atoms with van der Waals surface area (Å²) in [6.07, 6.45) is 0.712. The van der Waals surface area contributed by atoms with Gasteiger partial charge in [0.2, 0.25) is 5.28 Å². The van der Waals surface area contributed by atoms with Crippen LogP contribution in [0.4, 0.5) is 0 Å². The fourth-order valence-electron chi connectivity index (χ4n) is 1.23. The molecule has 0 aromatic carbocycles. The Morgan fingerprint density at radius 3 is 2.67 bits per heavy atom. The topological polar surface area (TPSA) is 50.1 Å². The van der Waals surface area contributed by atoms with E-state index < -0.39 is 0 Å². The van der Waals surface area contributed by atoms with E-state index in [2.05, 4.69) is 10.3 Å². The van der Waals surface area contributed by atoms with Gasteiger partial charge in [0.1, 0.15) is 0 Å². The maximum Gasteiger partial charge on any atom is 0.204 e. The number of rotatable bonds is 5. The fourth-order valence-corrected chi connectivity index (χ4v) is 1.73. The van der Waals surface area contributed by atoms with E-state index in [1.54, 1.807) is 4.57 Å². The van der Waals surface area contributed by atoms with Crippen LogP contribution in [-0.2, 0) is 13.6 Å². The van der Waals surface area contributed by atoms with E-state index >= 15 is 0 Å². The second kappa shape index (κ2) is 5.70. The molecule has 0 aliphatic carbocycles. The molecule has 0 amide bonds. The molecule has 1 aromatic heterocycles. The van der Waals surface area contributed by atoms with Crippen molar-refractivity contribution < 1.29 is 5.11 Å². The molecular formula is C9H15Cl2N3O. The van der Waals surface area contributed by atoms with Crippen LogP contribution >= 0.6 is 23.2 Å². The number of hydrogen-bond acceptors (Lipinski definition) is 3. The van der Waals surface area contributed by atoms with Crippen LogP contribution in [0.2, 0.25) is 10.4 Å². The number of nitrogens with one attached hydrogen (secondary N) is 1. The molecule has 0 saturated carbocycles. The summed E-state index contributed by atoms with van der Waals surface area (Å²) in [5, 5.41) is 12.8. The zero-order valence-corrected chi connectivity index (χ0v) is 10.3. The van der Waals surface area contributed by atoms with Crippen molar-refractivity contribution in [1.29, 1.82) is 0 Å². The molecular weight excluding hydrogens is 237 g/mol. The number of aliphatic hydroxyl groups excluding tert-OH is 1. The van der Waals surface area contributed by atoms with Gasteiger partial charge in [-0.1, -0.05) is 11.6 Å². The molecule has 1 rings (SSSR count). The zero-order valence-electron chi connectivity index (χ0n) is 8.80. The number of nitrogens with zero attached hydrogens (tertiary/aromatic N) is 2. The predicted molar refractivity (Wildman–Crippen MR) is 61.2 cm³/mol. The molecule has 0 aliphatic rings. The maximum atomic E-state index is 8.74. The molecule has 0 aliphatic heterocycles. The van der Waals surface area contributed by atoms with Crippen molar-refractivity contribution in [2.75, 3.05) is 6.61 Å². The van der Waals surface area contributed by atoms with Gasteiger partial charge in [-0.2, -0.15) is 0 Å². The molecule has 0 bridgehead atoms. The minimum absolute atomic E-state index is 0.175. The first-order chi connectivity index (χ1) is 7.06. The lowest BCUT2D eigenvalue weighted by molar-refractivity contribution is 0.268. The van der Waals surface area contributed by atoms with E-state index in [0.717, 1.165) is 5.69 Å². The summed E-state index contributed by atoms with van der Waals surface area (Å²) < 4.78 is 1.74. The van der Waals surface area contributed by atoms with Crippen molar-refractivity contribution in [3.05, 3.63) is 16.1 Å². The highest BCUT2D eigenvalue weighted by Gasteiger charge is 2.11. The summed E-state index contributed by atoms with van der Waals surface area (Å²) in [5.41, 5.74) is 0.853. The van der Waals surface area contributed by atoms with Crippen molar-refractivity contribution in [2.24, 2.45) is 7.05 Å². The van der Waals surface area contributed by atoms with Crippen molar-refractivity contribution in [3.63, 3.8) is 0 Å².